The first-order valence-corrected chi connectivity index (χ1v) is 8.92. The number of halogens is 1. The first kappa shape index (κ1) is 17.0. The molecule has 0 spiro atoms. The molecule has 20 heavy (non-hydrogen) atoms. The minimum Gasteiger partial charge on any atom is -0.325 e. The molecule has 4 nitrogen and oxygen atoms in total. The second-order valence-electron chi connectivity index (χ2n) is 4.91. The number of nitrogens with one attached hydrogen (secondary N) is 1. The standard InChI is InChI=1S/C14H20ClNO3S/c1-5-10-7-12(20(15,18)19)8-11(6-2)13(10)16-14(17)9(3)4/h7-9H,5-6H2,1-4H3,(H,16,17). The molecule has 0 saturated carbocycles. The van der Waals surface area contributed by atoms with E-state index in [1.165, 1.54) is 12.1 Å². The Hall–Kier alpha value is -1.07. The van der Waals surface area contributed by atoms with E-state index in [0.29, 0.717) is 18.5 Å². The van der Waals surface area contributed by atoms with Crippen molar-refractivity contribution in [1.82, 2.24) is 0 Å². The van der Waals surface area contributed by atoms with Crippen molar-refractivity contribution in [2.75, 3.05) is 5.32 Å². The number of rotatable bonds is 5. The summed E-state index contributed by atoms with van der Waals surface area (Å²) in [5.41, 5.74) is 2.26. The lowest BCUT2D eigenvalue weighted by Crippen LogP contribution is -2.20. The van der Waals surface area contributed by atoms with Gasteiger partial charge in [0.05, 0.1) is 4.90 Å². The Balaban J connectivity index is 3.40. The van der Waals surface area contributed by atoms with Crippen LogP contribution in [0.1, 0.15) is 38.8 Å². The molecule has 6 heteroatoms. The maximum Gasteiger partial charge on any atom is 0.261 e. The average molecular weight is 318 g/mol. The van der Waals surface area contributed by atoms with Crippen LogP contribution in [0.3, 0.4) is 0 Å². The molecule has 1 aromatic rings. The molecule has 0 aliphatic heterocycles. The maximum atomic E-state index is 11.9. The second-order valence-corrected chi connectivity index (χ2v) is 7.47. The van der Waals surface area contributed by atoms with E-state index in [9.17, 15) is 13.2 Å². The predicted octanol–water partition coefficient (Wildman–Crippen LogP) is 3.33. The number of carbonyl (C=O) groups excluding carboxylic acids is 1. The Bertz CT molecular complexity index is 584. The highest BCUT2D eigenvalue weighted by Gasteiger charge is 2.18. The normalized spacial score (nSPS) is 11.7. The zero-order chi connectivity index (χ0) is 15.5. The fraction of sp³-hybridized carbons (Fsp3) is 0.500. The van der Waals surface area contributed by atoms with Crippen molar-refractivity contribution in [2.45, 2.75) is 45.4 Å². The summed E-state index contributed by atoms with van der Waals surface area (Å²) in [7, 11) is 1.64. The van der Waals surface area contributed by atoms with Gasteiger partial charge in [0, 0.05) is 22.3 Å². The Kier molecular flexibility index (Phi) is 5.59. The van der Waals surface area contributed by atoms with Crippen molar-refractivity contribution in [3.05, 3.63) is 23.3 Å². The largest absolute Gasteiger partial charge is 0.325 e. The van der Waals surface area contributed by atoms with Gasteiger partial charge in [-0.1, -0.05) is 27.7 Å². The molecule has 1 aromatic carbocycles. The minimum atomic E-state index is -3.77. The predicted molar refractivity (Wildman–Crippen MR) is 81.7 cm³/mol. The molecule has 0 aliphatic carbocycles. The molecule has 0 atom stereocenters. The van der Waals surface area contributed by atoms with Crippen LogP contribution in [0.15, 0.2) is 17.0 Å². The van der Waals surface area contributed by atoms with E-state index in [0.717, 1.165) is 11.1 Å². The zero-order valence-corrected chi connectivity index (χ0v) is 13.7. The van der Waals surface area contributed by atoms with Crippen molar-refractivity contribution < 1.29 is 13.2 Å². The molecule has 112 valence electrons. The maximum absolute atomic E-state index is 11.9. The van der Waals surface area contributed by atoms with E-state index >= 15 is 0 Å². The number of anilines is 1. The molecular weight excluding hydrogens is 298 g/mol. The van der Waals surface area contributed by atoms with E-state index in [2.05, 4.69) is 5.32 Å². The van der Waals surface area contributed by atoms with Crippen LogP contribution < -0.4 is 5.32 Å². The van der Waals surface area contributed by atoms with Crippen LogP contribution in [-0.4, -0.2) is 14.3 Å². The third-order valence-electron chi connectivity index (χ3n) is 3.09. The fourth-order valence-corrected chi connectivity index (χ4v) is 2.70. The van der Waals surface area contributed by atoms with Crippen LogP contribution in [0.5, 0.6) is 0 Å². The van der Waals surface area contributed by atoms with Crippen LogP contribution in [0.25, 0.3) is 0 Å². The van der Waals surface area contributed by atoms with Crippen LogP contribution in [0.2, 0.25) is 0 Å². The van der Waals surface area contributed by atoms with Gasteiger partial charge in [-0.3, -0.25) is 4.79 Å². The average Bonchev–Trinajstić information content (AvgIpc) is 2.37. The first-order chi connectivity index (χ1) is 9.20. The van der Waals surface area contributed by atoms with Gasteiger partial charge in [-0.2, -0.15) is 0 Å². The van der Waals surface area contributed by atoms with Gasteiger partial charge in [-0.05, 0) is 36.1 Å². The lowest BCUT2D eigenvalue weighted by Gasteiger charge is -2.17. The van der Waals surface area contributed by atoms with Gasteiger partial charge in [-0.15, -0.1) is 0 Å². The van der Waals surface area contributed by atoms with Gasteiger partial charge in [0.15, 0.2) is 0 Å². The van der Waals surface area contributed by atoms with Crippen molar-refractivity contribution in [3.63, 3.8) is 0 Å². The Morgan fingerprint density at radius 1 is 1.20 bits per heavy atom. The summed E-state index contributed by atoms with van der Waals surface area (Å²) in [5, 5.41) is 2.88. The second kappa shape index (κ2) is 6.59. The molecule has 1 rings (SSSR count). The van der Waals surface area contributed by atoms with Crippen LogP contribution >= 0.6 is 10.7 Å². The lowest BCUT2D eigenvalue weighted by molar-refractivity contribution is -0.118. The molecule has 0 fully saturated rings. The molecule has 0 saturated heterocycles. The third kappa shape index (κ3) is 3.96. The summed E-state index contributed by atoms with van der Waals surface area (Å²) in [4.78, 5) is 12.0. The summed E-state index contributed by atoms with van der Waals surface area (Å²) in [5.74, 6) is -0.225. The van der Waals surface area contributed by atoms with Gasteiger partial charge < -0.3 is 5.32 Å². The Labute approximate surface area is 124 Å². The zero-order valence-electron chi connectivity index (χ0n) is 12.2. The number of aryl methyl sites for hydroxylation is 2. The number of hydrogen-bond acceptors (Lipinski definition) is 3. The number of carbonyl (C=O) groups is 1. The van der Waals surface area contributed by atoms with E-state index in [1.807, 2.05) is 27.7 Å². The summed E-state index contributed by atoms with van der Waals surface area (Å²) < 4.78 is 23.0. The summed E-state index contributed by atoms with van der Waals surface area (Å²) in [6.07, 6.45) is 1.22. The number of amides is 1. The summed E-state index contributed by atoms with van der Waals surface area (Å²) in [6, 6.07) is 3.05. The SMILES string of the molecule is CCc1cc(S(=O)(=O)Cl)cc(CC)c1NC(=O)C(C)C. The van der Waals surface area contributed by atoms with Gasteiger partial charge in [-0.25, -0.2) is 8.42 Å². The highest BCUT2D eigenvalue weighted by atomic mass is 35.7. The highest BCUT2D eigenvalue weighted by Crippen LogP contribution is 2.29. The van der Waals surface area contributed by atoms with Crippen molar-refractivity contribution in [2.24, 2.45) is 5.92 Å². The van der Waals surface area contributed by atoms with Crippen molar-refractivity contribution >= 4 is 31.3 Å². The molecule has 0 aromatic heterocycles. The lowest BCUT2D eigenvalue weighted by atomic mass is 10.0. The van der Waals surface area contributed by atoms with E-state index in [-0.39, 0.29) is 16.7 Å². The van der Waals surface area contributed by atoms with Gasteiger partial charge >= 0.3 is 0 Å². The molecule has 0 heterocycles. The smallest absolute Gasteiger partial charge is 0.261 e. The van der Waals surface area contributed by atoms with Gasteiger partial charge in [0.2, 0.25) is 5.91 Å². The van der Waals surface area contributed by atoms with Crippen LogP contribution in [0.4, 0.5) is 5.69 Å². The van der Waals surface area contributed by atoms with Crippen LogP contribution in [0, 0.1) is 5.92 Å². The molecule has 1 amide bonds. The molecule has 0 aliphatic rings. The topological polar surface area (TPSA) is 63.2 Å². The molecule has 0 radical (unpaired) electrons. The van der Waals surface area contributed by atoms with Crippen molar-refractivity contribution in [3.8, 4) is 0 Å². The molecule has 1 N–H and O–H groups in total. The van der Waals surface area contributed by atoms with E-state index in [4.69, 9.17) is 10.7 Å². The highest BCUT2D eigenvalue weighted by molar-refractivity contribution is 8.13. The van der Waals surface area contributed by atoms with E-state index in [1.54, 1.807) is 0 Å². The van der Waals surface area contributed by atoms with E-state index < -0.39 is 9.05 Å². The quantitative estimate of drug-likeness (QED) is 0.847. The fourth-order valence-electron chi connectivity index (χ4n) is 1.86. The van der Waals surface area contributed by atoms with Gasteiger partial charge in [0.1, 0.15) is 0 Å². The third-order valence-corrected chi connectivity index (χ3v) is 4.42. The van der Waals surface area contributed by atoms with Crippen LogP contribution in [-0.2, 0) is 26.7 Å². The van der Waals surface area contributed by atoms with Crippen molar-refractivity contribution in [1.29, 1.82) is 0 Å². The molecule has 0 unspecified atom stereocenters. The van der Waals surface area contributed by atoms with Gasteiger partial charge in [0.25, 0.3) is 9.05 Å². The minimum absolute atomic E-state index is 0.0791. The summed E-state index contributed by atoms with van der Waals surface area (Å²) in [6.45, 7) is 7.43. The monoisotopic (exact) mass is 317 g/mol. The summed E-state index contributed by atoms with van der Waals surface area (Å²) >= 11 is 0. The Morgan fingerprint density at radius 3 is 1.95 bits per heavy atom. The molecule has 0 bridgehead atoms. The number of hydrogen-bond donors (Lipinski definition) is 1. The Morgan fingerprint density at radius 2 is 1.65 bits per heavy atom. The number of benzene rings is 1. The molecular formula is C14H20ClNO3S. The first-order valence-electron chi connectivity index (χ1n) is 6.62.